The second-order valence-electron chi connectivity index (χ2n) is 5.11. The molecule has 0 saturated carbocycles. The number of unbranched alkanes of at least 4 members (excludes halogenated alkanes) is 1. The molecule has 0 radical (unpaired) electrons. The highest BCUT2D eigenvalue weighted by atomic mass is 16.3. The first-order valence-electron chi connectivity index (χ1n) is 7.17. The summed E-state index contributed by atoms with van der Waals surface area (Å²) in [7, 11) is 0. The van der Waals surface area contributed by atoms with Crippen LogP contribution >= 0.6 is 0 Å². The zero-order chi connectivity index (χ0) is 13.2. The standard InChI is InChI=1S/C16H27NO/c1-3-4-10-16(13-18)17-14(2)11-12-15-8-6-5-7-9-15/h5-9,14,16-18H,3-4,10-13H2,1-2H3/t14-,16-/m1/s1. The maximum absolute atomic E-state index is 9.32. The number of aliphatic hydroxyl groups excluding tert-OH is 1. The topological polar surface area (TPSA) is 32.3 Å². The Morgan fingerprint density at radius 2 is 1.89 bits per heavy atom. The summed E-state index contributed by atoms with van der Waals surface area (Å²) in [6.45, 7) is 4.64. The molecular formula is C16H27NO. The molecule has 2 atom stereocenters. The molecule has 0 saturated heterocycles. The maximum atomic E-state index is 9.32. The van der Waals surface area contributed by atoms with Gasteiger partial charge in [0.05, 0.1) is 6.61 Å². The summed E-state index contributed by atoms with van der Waals surface area (Å²) in [5, 5.41) is 12.8. The highest BCUT2D eigenvalue weighted by molar-refractivity contribution is 5.14. The predicted octanol–water partition coefficient (Wildman–Crippen LogP) is 3.15. The van der Waals surface area contributed by atoms with Gasteiger partial charge in [-0.2, -0.15) is 0 Å². The Morgan fingerprint density at radius 3 is 2.50 bits per heavy atom. The summed E-state index contributed by atoms with van der Waals surface area (Å²) in [6, 6.07) is 11.3. The average molecular weight is 249 g/mol. The summed E-state index contributed by atoms with van der Waals surface area (Å²) in [4.78, 5) is 0. The quantitative estimate of drug-likeness (QED) is 0.704. The fourth-order valence-corrected chi connectivity index (χ4v) is 2.19. The second kappa shape index (κ2) is 9.12. The van der Waals surface area contributed by atoms with Crippen molar-refractivity contribution in [3.05, 3.63) is 35.9 Å². The van der Waals surface area contributed by atoms with E-state index >= 15 is 0 Å². The molecule has 0 bridgehead atoms. The number of aliphatic hydroxyl groups is 1. The lowest BCUT2D eigenvalue weighted by molar-refractivity contribution is 0.222. The summed E-state index contributed by atoms with van der Waals surface area (Å²) in [5.74, 6) is 0. The van der Waals surface area contributed by atoms with Gasteiger partial charge >= 0.3 is 0 Å². The Balaban J connectivity index is 2.25. The normalized spacial score (nSPS) is 14.4. The van der Waals surface area contributed by atoms with Gasteiger partial charge in [0, 0.05) is 12.1 Å². The number of benzene rings is 1. The van der Waals surface area contributed by atoms with Gasteiger partial charge in [0.25, 0.3) is 0 Å². The molecule has 0 aromatic heterocycles. The van der Waals surface area contributed by atoms with Crippen LogP contribution in [0.4, 0.5) is 0 Å². The van der Waals surface area contributed by atoms with Crippen LogP contribution in [0.1, 0.15) is 45.1 Å². The number of rotatable bonds is 9. The van der Waals surface area contributed by atoms with Crippen LogP contribution in [-0.4, -0.2) is 23.8 Å². The molecule has 2 heteroatoms. The molecule has 0 aliphatic heterocycles. The maximum Gasteiger partial charge on any atom is 0.0584 e. The second-order valence-corrected chi connectivity index (χ2v) is 5.11. The summed E-state index contributed by atoms with van der Waals surface area (Å²) >= 11 is 0. The Labute approximate surface area is 111 Å². The van der Waals surface area contributed by atoms with Gasteiger partial charge in [-0.15, -0.1) is 0 Å². The summed E-state index contributed by atoms with van der Waals surface area (Å²) in [5.41, 5.74) is 1.39. The molecule has 0 amide bonds. The van der Waals surface area contributed by atoms with E-state index in [2.05, 4.69) is 49.5 Å². The molecule has 0 spiro atoms. The predicted molar refractivity (Wildman–Crippen MR) is 77.8 cm³/mol. The third-order valence-corrected chi connectivity index (χ3v) is 3.36. The van der Waals surface area contributed by atoms with Crippen LogP contribution in [-0.2, 0) is 6.42 Å². The molecule has 0 aliphatic carbocycles. The van der Waals surface area contributed by atoms with Crippen LogP contribution in [0.3, 0.4) is 0 Å². The lowest BCUT2D eigenvalue weighted by Crippen LogP contribution is -2.39. The lowest BCUT2D eigenvalue weighted by Gasteiger charge is -2.21. The Morgan fingerprint density at radius 1 is 1.17 bits per heavy atom. The largest absolute Gasteiger partial charge is 0.395 e. The molecule has 0 aliphatic rings. The number of hydrogen-bond acceptors (Lipinski definition) is 2. The minimum Gasteiger partial charge on any atom is -0.395 e. The average Bonchev–Trinajstić information content (AvgIpc) is 2.42. The van der Waals surface area contributed by atoms with E-state index < -0.39 is 0 Å². The first-order chi connectivity index (χ1) is 8.76. The van der Waals surface area contributed by atoms with Gasteiger partial charge in [0.1, 0.15) is 0 Å². The van der Waals surface area contributed by atoms with E-state index in [-0.39, 0.29) is 12.6 Å². The van der Waals surface area contributed by atoms with Crippen molar-refractivity contribution in [3.8, 4) is 0 Å². The lowest BCUT2D eigenvalue weighted by atomic mass is 10.0. The van der Waals surface area contributed by atoms with Crippen molar-refractivity contribution in [2.75, 3.05) is 6.61 Å². The molecule has 2 nitrogen and oxygen atoms in total. The van der Waals surface area contributed by atoms with E-state index in [9.17, 15) is 5.11 Å². The molecule has 2 N–H and O–H groups in total. The van der Waals surface area contributed by atoms with Gasteiger partial charge in [-0.25, -0.2) is 0 Å². The smallest absolute Gasteiger partial charge is 0.0584 e. The van der Waals surface area contributed by atoms with Crippen molar-refractivity contribution >= 4 is 0 Å². The summed E-state index contributed by atoms with van der Waals surface area (Å²) < 4.78 is 0. The number of nitrogens with one attached hydrogen (secondary N) is 1. The van der Waals surface area contributed by atoms with Crippen LogP contribution < -0.4 is 5.32 Å². The zero-order valence-electron chi connectivity index (χ0n) is 11.7. The molecular weight excluding hydrogens is 222 g/mol. The van der Waals surface area contributed by atoms with Crippen molar-refractivity contribution in [3.63, 3.8) is 0 Å². The molecule has 0 fully saturated rings. The third-order valence-electron chi connectivity index (χ3n) is 3.36. The Kier molecular flexibility index (Phi) is 7.70. The fraction of sp³-hybridized carbons (Fsp3) is 0.625. The van der Waals surface area contributed by atoms with Gasteiger partial charge in [0.15, 0.2) is 0 Å². The first kappa shape index (κ1) is 15.2. The number of hydrogen-bond donors (Lipinski definition) is 2. The van der Waals surface area contributed by atoms with Gasteiger partial charge in [0.2, 0.25) is 0 Å². The van der Waals surface area contributed by atoms with Crippen LogP contribution in [0.25, 0.3) is 0 Å². The Hall–Kier alpha value is -0.860. The van der Waals surface area contributed by atoms with Crippen LogP contribution in [0, 0.1) is 0 Å². The molecule has 1 rings (SSSR count). The van der Waals surface area contributed by atoms with Crippen molar-refractivity contribution in [2.24, 2.45) is 0 Å². The van der Waals surface area contributed by atoms with Crippen molar-refractivity contribution in [1.29, 1.82) is 0 Å². The van der Waals surface area contributed by atoms with Crippen LogP contribution in [0.5, 0.6) is 0 Å². The van der Waals surface area contributed by atoms with Gasteiger partial charge < -0.3 is 10.4 Å². The van der Waals surface area contributed by atoms with Crippen molar-refractivity contribution in [1.82, 2.24) is 5.32 Å². The summed E-state index contributed by atoms with van der Waals surface area (Å²) in [6.07, 6.45) is 5.66. The first-order valence-corrected chi connectivity index (χ1v) is 7.17. The van der Waals surface area contributed by atoms with E-state index in [1.54, 1.807) is 0 Å². The molecule has 102 valence electrons. The fourth-order valence-electron chi connectivity index (χ4n) is 2.19. The highest BCUT2D eigenvalue weighted by Crippen LogP contribution is 2.07. The molecule has 18 heavy (non-hydrogen) atoms. The molecule has 0 heterocycles. The van der Waals surface area contributed by atoms with Gasteiger partial charge in [-0.1, -0.05) is 50.1 Å². The molecule has 1 aromatic rings. The van der Waals surface area contributed by atoms with Crippen molar-refractivity contribution < 1.29 is 5.11 Å². The highest BCUT2D eigenvalue weighted by Gasteiger charge is 2.10. The van der Waals surface area contributed by atoms with Gasteiger partial charge in [-0.3, -0.25) is 0 Å². The monoisotopic (exact) mass is 249 g/mol. The zero-order valence-corrected chi connectivity index (χ0v) is 11.7. The van der Waals surface area contributed by atoms with E-state index in [0.29, 0.717) is 6.04 Å². The number of aryl methyl sites for hydroxylation is 1. The molecule has 1 aromatic carbocycles. The van der Waals surface area contributed by atoms with Crippen LogP contribution in [0.2, 0.25) is 0 Å². The van der Waals surface area contributed by atoms with E-state index in [1.165, 1.54) is 18.4 Å². The van der Waals surface area contributed by atoms with Gasteiger partial charge in [-0.05, 0) is 31.7 Å². The molecule has 0 unspecified atom stereocenters. The van der Waals surface area contributed by atoms with E-state index in [4.69, 9.17) is 0 Å². The Bertz CT molecular complexity index is 299. The minimum absolute atomic E-state index is 0.246. The van der Waals surface area contributed by atoms with E-state index in [1.807, 2.05) is 0 Å². The SMILES string of the molecule is CCCC[C@H](CO)N[C@H](C)CCc1ccccc1. The van der Waals surface area contributed by atoms with Crippen LogP contribution in [0.15, 0.2) is 30.3 Å². The van der Waals surface area contributed by atoms with E-state index in [0.717, 1.165) is 19.3 Å². The van der Waals surface area contributed by atoms with Crippen molar-refractivity contribution in [2.45, 2.75) is 58.0 Å². The minimum atomic E-state index is 0.246. The third kappa shape index (κ3) is 6.18.